The Kier molecular flexibility index (Phi) is 13.4. The number of rotatable bonds is 16. The van der Waals surface area contributed by atoms with Gasteiger partial charge in [-0.3, -0.25) is 0 Å². The highest BCUT2D eigenvalue weighted by Gasteiger charge is 2.51. The number of halogens is 1. The molecule has 6 rings (SSSR count). The first-order chi connectivity index (χ1) is 24.6. The number of hydrogen-bond acceptors (Lipinski definition) is 6. The van der Waals surface area contributed by atoms with E-state index in [1.54, 1.807) is 0 Å². The van der Waals surface area contributed by atoms with Gasteiger partial charge in [0, 0.05) is 10.4 Å². The number of aliphatic hydroxyl groups excluding tert-OH is 1. The zero-order valence-corrected chi connectivity index (χ0v) is 29.9. The fraction of sp³-hybridized carbons (Fsp3) is 0.302. The van der Waals surface area contributed by atoms with Gasteiger partial charge in [0.1, 0.15) is 24.4 Å². The summed E-state index contributed by atoms with van der Waals surface area (Å²) in [5, 5.41) is 11.1. The molecular weight excluding hydrogens is 692 g/mol. The smallest absolute Gasteiger partial charge is 0.115 e. The first-order valence-electron chi connectivity index (χ1n) is 17.2. The molecule has 6 nitrogen and oxygen atoms in total. The quantitative estimate of drug-likeness (QED) is 0.110. The molecule has 6 atom stereocenters. The maximum atomic E-state index is 11.1. The molecule has 5 aromatic carbocycles. The third kappa shape index (κ3) is 9.77. The minimum atomic E-state index is -0.592. The highest BCUT2D eigenvalue weighted by atomic mass is 79.9. The van der Waals surface area contributed by atoms with Crippen molar-refractivity contribution in [1.29, 1.82) is 0 Å². The average Bonchev–Trinajstić information content (AvgIpc) is 3.15. The molecule has 0 bridgehead atoms. The van der Waals surface area contributed by atoms with Crippen molar-refractivity contribution in [3.05, 3.63) is 177 Å². The highest BCUT2D eigenvalue weighted by Crippen LogP contribution is 2.38. The molecule has 50 heavy (non-hydrogen) atoms. The number of ether oxygens (including phenoxy) is 5. The van der Waals surface area contributed by atoms with Gasteiger partial charge < -0.3 is 28.8 Å². The Labute approximate surface area is 304 Å². The predicted molar refractivity (Wildman–Crippen MR) is 199 cm³/mol. The summed E-state index contributed by atoms with van der Waals surface area (Å²) in [5.74, 6) is -0.404. The number of aryl methyl sites for hydroxylation is 1. The summed E-state index contributed by atoms with van der Waals surface area (Å²) in [6, 6.07) is 46.6. The first kappa shape index (κ1) is 36.1. The minimum Gasteiger partial charge on any atom is -0.396 e. The third-order valence-electron chi connectivity index (χ3n) is 9.14. The minimum absolute atomic E-state index is 0.142. The van der Waals surface area contributed by atoms with Gasteiger partial charge in [0.15, 0.2) is 0 Å². The maximum absolute atomic E-state index is 11.1. The maximum Gasteiger partial charge on any atom is 0.115 e. The molecule has 0 amide bonds. The molecule has 5 aromatic rings. The van der Waals surface area contributed by atoms with E-state index >= 15 is 0 Å². The van der Waals surface area contributed by atoms with Crippen LogP contribution in [0.4, 0.5) is 0 Å². The van der Waals surface area contributed by atoms with E-state index in [0.717, 1.165) is 37.9 Å². The lowest BCUT2D eigenvalue weighted by atomic mass is 9.82. The molecule has 1 aliphatic rings. The summed E-state index contributed by atoms with van der Waals surface area (Å²) in [4.78, 5) is 0. The van der Waals surface area contributed by atoms with Gasteiger partial charge in [0.25, 0.3) is 0 Å². The van der Waals surface area contributed by atoms with Crippen molar-refractivity contribution in [3.8, 4) is 0 Å². The van der Waals surface area contributed by atoms with Crippen LogP contribution in [0, 0.1) is 6.92 Å². The van der Waals surface area contributed by atoms with Gasteiger partial charge in [-0.2, -0.15) is 0 Å². The van der Waals surface area contributed by atoms with Crippen LogP contribution < -0.4 is 0 Å². The van der Waals surface area contributed by atoms with E-state index in [2.05, 4.69) is 59.3 Å². The Morgan fingerprint density at radius 3 is 1.54 bits per heavy atom. The van der Waals surface area contributed by atoms with E-state index < -0.39 is 36.4 Å². The zero-order valence-electron chi connectivity index (χ0n) is 28.4. The van der Waals surface area contributed by atoms with Crippen LogP contribution in [-0.2, 0) is 50.1 Å². The number of aliphatic hydroxyl groups is 1. The molecule has 0 radical (unpaired) electrons. The summed E-state index contributed by atoms with van der Waals surface area (Å²) in [5.41, 5.74) is 6.22. The van der Waals surface area contributed by atoms with Crippen LogP contribution in [-0.4, -0.2) is 48.8 Å². The summed E-state index contributed by atoms with van der Waals surface area (Å²) < 4.78 is 35.0. The van der Waals surface area contributed by atoms with E-state index in [-0.39, 0.29) is 13.2 Å². The molecule has 0 aliphatic carbocycles. The van der Waals surface area contributed by atoms with E-state index in [1.807, 2.05) is 103 Å². The van der Waals surface area contributed by atoms with Gasteiger partial charge in [-0.05, 0) is 52.4 Å². The van der Waals surface area contributed by atoms with E-state index in [4.69, 9.17) is 23.7 Å². The molecule has 1 fully saturated rings. The lowest BCUT2D eigenvalue weighted by molar-refractivity contribution is -0.277. The molecule has 1 unspecified atom stereocenters. The van der Waals surface area contributed by atoms with Gasteiger partial charge >= 0.3 is 0 Å². The Bertz CT molecular complexity index is 1710. The van der Waals surface area contributed by atoms with E-state index in [9.17, 15) is 5.11 Å². The van der Waals surface area contributed by atoms with E-state index in [0.29, 0.717) is 26.4 Å². The SMILES string of the molecule is Cc1cc(Br)ccc1C(CO)[C@H]1O[C@H](COCc2ccccc2)[C@@H](OCc2ccccc2)[C@H](OCc2ccccc2)[C@@H]1OCc1ccccc1. The molecule has 0 spiro atoms. The fourth-order valence-corrected chi connectivity index (χ4v) is 7.06. The summed E-state index contributed by atoms with van der Waals surface area (Å²) in [6.45, 7) is 3.66. The Morgan fingerprint density at radius 1 is 0.600 bits per heavy atom. The molecule has 7 heteroatoms. The first-order valence-corrected chi connectivity index (χ1v) is 18.0. The van der Waals surface area contributed by atoms with Crippen LogP contribution in [0.1, 0.15) is 39.3 Å². The van der Waals surface area contributed by atoms with Gasteiger partial charge in [-0.25, -0.2) is 0 Å². The molecule has 0 saturated carbocycles. The van der Waals surface area contributed by atoms with Crippen molar-refractivity contribution >= 4 is 15.9 Å². The Morgan fingerprint density at radius 2 is 1.06 bits per heavy atom. The molecule has 260 valence electrons. The van der Waals surface area contributed by atoms with Gasteiger partial charge in [-0.15, -0.1) is 0 Å². The van der Waals surface area contributed by atoms with Crippen LogP contribution in [0.5, 0.6) is 0 Å². The van der Waals surface area contributed by atoms with Crippen molar-refractivity contribution in [2.45, 2.75) is 69.8 Å². The standard InChI is InChI=1S/C43H45BrO6/c1-31-24-36(44)22-23-37(31)38(25-45)40-42(48-28-34-18-10-4-11-19-34)43(49-29-35-20-12-5-13-21-35)41(47-27-33-16-8-3-9-17-33)39(50-40)30-46-26-32-14-6-2-7-15-32/h2-24,38-43,45H,25-30H2,1H3/t38?,39-,40-,41-,42-,43+/m1/s1. The zero-order chi connectivity index (χ0) is 34.5. The average molecular weight is 738 g/mol. The predicted octanol–water partition coefficient (Wildman–Crippen LogP) is 8.57. The largest absolute Gasteiger partial charge is 0.396 e. The number of benzene rings is 5. The van der Waals surface area contributed by atoms with Gasteiger partial charge in [-0.1, -0.05) is 143 Å². The lowest BCUT2D eigenvalue weighted by Gasteiger charge is -2.48. The van der Waals surface area contributed by atoms with Crippen molar-refractivity contribution in [3.63, 3.8) is 0 Å². The Balaban J connectivity index is 1.38. The van der Waals surface area contributed by atoms with Crippen molar-refractivity contribution < 1.29 is 28.8 Å². The highest BCUT2D eigenvalue weighted by molar-refractivity contribution is 9.10. The molecule has 0 aromatic heterocycles. The molecule has 1 saturated heterocycles. The monoisotopic (exact) mass is 736 g/mol. The van der Waals surface area contributed by atoms with Crippen LogP contribution in [0.25, 0.3) is 0 Å². The topological polar surface area (TPSA) is 66.4 Å². The normalized spacial score (nSPS) is 21.1. The van der Waals surface area contributed by atoms with Crippen LogP contribution in [0.3, 0.4) is 0 Å². The molecule has 1 heterocycles. The summed E-state index contributed by atoms with van der Waals surface area (Å²) in [6.07, 6.45) is -2.79. The van der Waals surface area contributed by atoms with Crippen molar-refractivity contribution in [1.82, 2.24) is 0 Å². The molecule has 1 aliphatic heterocycles. The fourth-order valence-electron chi connectivity index (χ4n) is 6.58. The van der Waals surface area contributed by atoms with Gasteiger partial charge in [0.05, 0.1) is 45.7 Å². The van der Waals surface area contributed by atoms with Crippen molar-refractivity contribution in [2.75, 3.05) is 13.2 Å². The second-order valence-electron chi connectivity index (χ2n) is 12.7. The number of hydrogen-bond donors (Lipinski definition) is 1. The lowest BCUT2D eigenvalue weighted by Crippen LogP contribution is -2.62. The molecular formula is C43H45BrO6. The second-order valence-corrected chi connectivity index (χ2v) is 13.6. The van der Waals surface area contributed by atoms with Gasteiger partial charge in [0.2, 0.25) is 0 Å². The third-order valence-corrected chi connectivity index (χ3v) is 9.64. The van der Waals surface area contributed by atoms with E-state index in [1.165, 1.54) is 0 Å². The summed E-state index contributed by atoms with van der Waals surface area (Å²) >= 11 is 3.61. The summed E-state index contributed by atoms with van der Waals surface area (Å²) in [7, 11) is 0. The second kappa shape index (κ2) is 18.5. The van der Waals surface area contributed by atoms with Crippen LogP contribution in [0.2, 0.25) is 0 Å². The van der Waals surface area contributed by atoms with Crippen LogP contribution >= 0.6 is 15.9 Å². The Hall–Kier alpha value is -3.66. The van der Waals surface area contributed by atoms with Crippen LogP contribution in [0.15, 0.2) is 144 Å². The molecule has 1 N–H and O–H groups in total. The van der Waals surface area contributed by atoms with Crippen molar-refractivity contribution in [2.24, 2.45) is 0 Å².